The molecule has 10 heteroatoms. The fraction of sp³-hybridized carbons (Fsp3) is 0.545. The number of carbonyl (C=O) groups is 1. The number of aromatic nitrogens is 3. The summed E-state index contributed by atoms with van der Waals surface area (Å²) in [5.74, 6) is 1.16. The first-order valence-corrected chi connectivity index (χ1v) is 11.0. The van der Waals surface area contributed by atoms with Gasteiger partial charge < -0.3 is 10.6 Å². The molecule has 0 aliphatic heterocycles. The van der Waals surface area contributed by atoms with Gasteiger partial charge in [0.15, 0.2) is 0 Å². The number of hydrogen-bond acceptors (Lipinski definition) is 5. The number of carbonyl (C=O) groups excluding carboxylic acids is 1. The lowest BCUT2D eigenvalue weighted by Gasteiger charge is -2.62. The molecular weight excluding hydrogens is 453 g/mol. The fourth-order valence-electron chi connectivity index (χ4n) is 5.22. The van der Waals surface area contributed by atoms with Crippen molar-refractivity contribution in [2.75, 3.05) is 5.32 Å². The van der Waals surface area contributed by atoms with Crippen LogP contribution in [0.4, 0.5) is 5.69 Å². The largest absolute Gasteiger partial charge is 0.376 e. The maximum Gasteiger partial charge on any atom is 0.287 e. The molecule has 0 radical (unpaired) electrons. The zero-order valence-corrected chi connectivity index (χ0v) is 19.9. The van der Waals surface area contributed by atoms with Crippen LogP contribution in [0.2, 0.25) is 5.02 Å². The Bertz CT molecular complexity index is 1100. The van der Waals surface area contributed by atoms with E-state index in [4.69, 9.17) is 11.6 Å². The van der Waals surface area contributed by atoms with E-state index >= 15 is 0 Å². The smallest absolute Gasteiger partial charge is 0.287 e. The molecule has 5 rings (SSSR count). The van der Waals surface area contributed by atoms with Crippen molar-refractivity contribution in [2.45, 2.75) is 52.7 Å². The summed E-state index contributed by atoms with van der Waals surface area (Å²) in [4.78, 5) is 41.5. The molecule has 3 fully saturated rings. The van der Waals surface area contributed by atoms with E-state index in [-0.39, 0.29) is 35.7 Å². The summed E-state index contributed by atoms with van der Waals surface area (Å²) in [6, 6.07) is 3.65. The van der Waals surface area contributed by atoms with E-state index < -0.39 is 17.0 Å². The number of aromatic amines is 1. The third-order valence-electron chi connectivity index (χ3n) is 7.34. The van der Waals surface area contributed by atoms with Crippen molar-refractivity contribution in [1.29, 1.82) is 0 Å². The van der Waals surface area contributed by atoms with Crippen LogP contribution in [0.1, 0.15) is 39.2 Å². The first-order chi connectivity index (χ1) is 14.7. The van der Waals surface area contributed by atoms with Crippen molar-refractivity contribution >= 4 is 35.6 Å². The van der Waals surface area contributed by atoms with Gasteiger partial charge in [-0.3, -0.25) is 24.5 Å². The molecule has 2 aromatic heterocycles. The number of hydrogen-bond donors (Lipinski definition) is 3. The predicted octanol–water partition coefficient (Wildman–Crippen LogP) is 2.81. The predicted molar refractivity (Wildman–Crippen MR) is 126 cm³/mol. The van der Waals surface area contributed by atoms with Gasteiger partial charge in [0.05, 0.1) is 0 Å². The van der Waals surface area contributed by atoms with Crippen LogP contribution in [0.3, 0.4) is 0 Å². The number of amides is 1. The summed E-state index contributed by atoms with van der Waals surface area (Å²) in [6.45, 7) is 6.78. The van der Waals surface area contributed by atoms with Crippen LogP contribution in [-0.2, 0) is 17.9 Å². The van der Waals surface area contributed by atoms with Gasteiger partial charge in [-0.05, 0) is 53.7 Å². The van der Waals surface area contributed by atoms with Crippen LogP contribution in [0.5, 0.6) is 0 Å². The van der Waals surface area contributed by atoms with Crippen molar-refractivity contribution in [1.82, 2.24) is 20.1 Å². The lowest BCUT2D eigenvalue weighted by Crippen LogP contribution is -2.58. The topological polar surface area (TPSA) is 109 Å². The molecule has 0 saturated heterocycles. The quantitative estimate of drug-likeness (QED) is 0.587. The highest BCUT2D eigenvalue weighted by atomic mass is 35.5. The average molecular weight is 482 g/mol. The number of pyridine rings is 1. The summed E-state index contributed by atoms with van der Waals surface area (Å²) in [5.41, 5.74) is 0.190. The summed E-state index contributed by atoms with van der Waals surface area (Å²) < 4.78 is 0.947. The molecule has 8 nitrogen and oxygen atoms in total. The maximum absolute atomic E-state index is 12.7. The molecule has 1 amide bonds. The zero-order valence-electron chi connectivity index (χ0n) is 18.4. The van der Waals surface area contributed by atoms with Crippen LogP contribution < -0.4 is 21.8 Å². The van der Waals surface area contributed by atoms with Crippen molar-refractivity contribution in [3.63, 3.8) is 0 Å². The van der Waals surface area contributed by atoms with Gasteiger partial charge in [-0.2, -0.15) is 0 Å². The van der Waals surface area contributed by atoms with Crippen LogP contribution in [-0.4, -0.2) is 26.7 Å². The SMILES string of the molecule is C[C@H]1[C@H]2C[C@H](C[C@H]1Nc1c(Cl)c(=O)n(CC(=O)NCc3ccncc3)[nH]c1=O)C2(C)C.Cl. The van der Waals surface area contributed by atoms with Crippen molar-refractivity contribution in [3.05, 3.63) is 55.8 Å². The Hall–Kier alpha value is -2.32. The number of anilines is 1. The Morgan fingerprint density at radius 2 is 1.97 bits per heavy atom. The molecule has 0 spiro atoms. The minimum Gasteiger partial charge on any atom is -0.376 e. The van der Waals surface area contributed by atoms with Gasteiger partial charge in [-0.1, -0.05) is 32.4 Å². The van der Waals surface area contributed by atoms with E-state index in [1.165, 1.54) is 6.42 Å². The first-order valence-electron chi connectivity index (χ1n) is 10.6. The zero-order chi connectivity index (χ0) is 22.3. The number of nitrogens with one attached hydrogen (secondary N) is 3. The molecule has 0 unspecified atom stereocenters. The Morgan fingerprint density at radius 1 is 1.28 bits per heavy atom. The molecule has 4 atom stereocenters. The van der Waals surface area contributed by atoms with Gasteiger partial charge in [0.25, 0.3) is 11.1 Å². The molecule has 2 heterocycles. The molecule has 32 heavy (non-hydrogen) atoms. The van der Waals surface area contributed by atoms with E-state index in [1.54, 1.807) is 24.5 Å². The van der Waals surface area contributed by atoms with Gasteiger partial charge in [-0.15, -0.1) is 12.4 Å². The van der Waals surface area contributed by atoms with Crippen LogP contribution in [0.15, 0.2) is 34.1 Å². The van der Waals surface area contributed by atoms with E-state index in [1.807, 2.05) is 0 Å². The van der Waals surface area contributed by atoms with Crippen molar-refractivity contribution in [2.24, 2.45) is 23.2 Å². The van der Waals surface area contributed by atoms with Gasteiger partial charge in [0, 0.05) is 25.0 Å². The monoisotopic (exact) mass is 481 g/mol. The van der Waals surface area contributed by atoms with Gasteiger partial charge in [0.1, 0.15) is 17.3 Å². The lowest BCUT2D eigenvalue weighted by atomic mass is 9.45. The highest BCUT2D eigenvalue weighted by molar-refractivity contribution is 6.32. The molecule has 3 saturated carbocycles. The third-order valence-corrected chi connectivity index (χ3v) is 7.69. The number of fused-ring (bicyclic) bond motifs is 2. The lowest BCUT2D eigenvalue weighted by molar-refractivity contribution is -0.122. The average Bonchev–Trinajstić information content (AvgIpc) is 2.74. The second-order valence-electron chi connectivity index (χ2n) is 9.36. The summed E-state index contributed by atoms with van der Waals surface area (Å²) >= 11 is 6.28. The number of H-pyrrole nitrogens is 1. The molecular formula is C22H29Cl2N5O3. The molecule has 174 valence electrons. The normalized spacial score (nSPS) is 25.2. The second-order valence-corrected chi connectivity index (χ2v) is 9.74. The van der Waals surface area contributed by atoms with E-state index in [0.717, 1.165) is 16.7 Å². The standard InChI is InChI=1S/C22H28ClN5O3.ClH/c1-12-15-8-14(22(15,2)3)9-16(12)26-19-18(23)21(31)28(27-20(19)30)11-17(29)25-10-13-4-6-24-7-5-13;/h4-7,12,14-16,26H,8-11H2,1-3H3,(H,25,29)(H,27,30);1H/t12-,14+,15+,16+;/m0./s1. The third kappa shape index (κ3) is 4.43. The van der Waals surface area contributed by atoms with Crippen LogP contribution in [0, 0.1) is 23.2 Å². The summed E-state index contributed by atoms with van der Waals surface area (Å²) in [7, 11) is 0. The van der Waals surface area contributed by atoms with Crippen LogP contribution >= 0.6 is 24.0 Å². The Morgan fingerprint density at radius 3 is 2.59 bits per heavy atom. The van der Waals surface area contributed by atoms with E-state index in [9.17, 15) is 14.4 Å². The molecule has 3 aliphatic rings. The van der Waals surface area contributed by atoms with Crippen LogP contribution in [0.25, 0.3) is 0 Å². The molecule has 3 N–H and O–H groups in total. The van der Waals surface area contributed by atoms with Gasteiger partial charge in [0.2, 0.25) is 5.91 Å². The second kappa shape index (κ2) is 9.27. The fourth-order valence-corrected chi connectivity index (χ4v) is 5.46. The highest BCUT2D eigenvalue weighted by Gasteiger charge is 2.56. The van der Waals surface area contributed by atoms with E-state index in [0.29, 0.717) is 29.7 Å². The summed E-state index contributed by atoms with van der Waals surface area (Å²) in [5, 5.41) is 8.25. The molecule has 2 aromatic rings. The minimum atomic E-state index is -0.600. The molecule has 0 aromatic carbocycles. The van der Waals surface area contributed by atoms with Gasteiger partial charge >= 0.3 is 0 Å². The van der Waals surface area contributed by atoms with E-state index in [2.05, 4.69) is 41.5 Å². The number of halogens is 2. The first kappa shape index (κ1) is 24.3. The Labute approximate surface area is 197 Å². The number of nitrogens with zero attached hydrogens (tertiary/aromatic N) is 2. The van der Waals surface area contributed by atoms with Crippen molar-refractivity contribution in [3.8, 4) is 0 Å². The van der Waals surface area contributed by atoms with Gasteiger partial charge in [-0.25, -0.2) is 4.68 Å². The highest BCUT2D eigenvalue weighted by Crippen LogP contribution is 2.61. The van der Waals surface area contributed by atoms with Crippen molar-refractivity contribution < 1.29 is 4.79 Å². The molecule has 3 aliphatic carbocycles. The Kier molecular flexibility index (Phi) is 7.05. The molecule has 2 bridgehead atoms. The maximum atomic E-state index is 12.7. The minimum absolute atomic E-state index is 0. The summed E-state index contributed by atoms with van der Waals surface area (Å²) in [6.07, 6.45) is 5.42. The Balaban J connectivity index is 0.00000289. The number of rotatable bonds is 6.